The molecule has 1 saturated carbocycles. The van der Waals surface area contributed by atoms with E-state index in [-0.39, 0.29) is 0 Å². The second kappa shape index (κ2) is 6.75. The van der Waals surface area contributed by atoms with Gasteiger partial charge in [-0.2, -0.15) is 0 Å². The molecule has 2 heteroatoms. The molecule has 1 aliphatic heterocycles. The first-order chi connectivity index (χ1) is 8.25. The molecule has 0 aromatic rings. The van der Waals surface area contributed by atoms with Crippen molar-refractivity contribution in [1.82, 2.24) is 10.2 Å². The van der Waals surface area contributed by atoms with Gasteiger partial charge in [0.25, 0.3) is 0 Å². The molecular formula is C15H30N2. The molecule has 2 nitrogen and oxygen atoms in total. The van der Waals surface area contributed by atoms with Gasteiger partial charge in [-0.3, -0.25) is 0 Å². The van der Waals surface area contributed by atoms with Crippen molar-refractivity contribution >= 4 is 0 Å². The summed E-state index contributed by atoms with van der Waals surface area (Å²) in [6.45, 7) is 4.97. The fourth-order valence-electron chi connectivity index (χ4n) is 3.58. The highest BCUT2D eigenvalue weighted by Crippen LogP contribution is 2.26. The lowest BCUT2D eigenvalue weighted by Crippen LogP contribution is -2.36. The Bertz CT molecular complexity index is 211. The predicted molar refractivity (Wildman–Crippen MR) is 74.3 cm³/mol. The molecule has 0 radical (unpaired) electrons. The average Bonchev–Trinajstić information content (AvgIpc) is 2.82. The summed E-state index contributed by atoms with van der Waals surface area (Å²) in [6, 6.07) is 1.70. The van der Waals surface area contributed by atoms with E-state index in [9.17, 15) is 0 Å². The van der Waals surface area contributed by atoms with Gasteiger partial charge in [0, 0.05) is 12.1 Å². The molecule has 1 saturated heterocycles. The monoisotopic (exact) mass is 238 g/mol. The second-order valence-corrected chi connectivity index (χ2v) is 6.34. The Labute approximate surface area is 107 Å². The molecule has 3 atom stereocenters. The fraction of sp³-hybridized carbons (Fsp3) is 1.00. The van der Waals surface area contributed by atoms with Crippen LogP contribution in [0.1, 0.15) is 58.3 Å². The van der Waals surface area contributed by atoms with Crippen molar-refractivity contribution in [1.29, 1.82) is 0 Å². The molecule has 2 rings (SSSR count). The van der Waals surface area contributed by atoms with Crippen molar-refractivity contribution in [2.24, 2.45) is 5.92 Å². The van der Waals surface area contributed by atoms with Gasteiger partial charge in [-0.25, -0.2) is 0 Å². The fourth-order valence-corrected chi connectivity index (χ4v) is 3.58. The normalized spacial score (nSPS) is 34.4. The van der Waals surface area contributed by atoms with E-state index in [1.54, 1.807) is 0 Å². The molecule has 1 N–H and O–H groups in total. The average molecular weight is 238 g/mol. The minimum Gasteiger partial charge on any atom is -0.314 e. The van der Waals surface area contributed by atoms with Gasteiger partial charge in [0.1, 0.15) is 0 Å². The first-order valence-electron chi connectivity index (χ1n) is 7.69. The molecule has 0 aromatic carbocycles. The zero-order valence-corrected chi connectivity index (χ0v) is 11.8. The Morgan fingerprint density at radius 2 is 2.06 bits per heavy atom. The Hall–Kier alpha value is -0.0800. The van der Waals surface area contributed by atoms with Crippen LogP contribution >= 0.6 is 0 Å². The molecule has 0 amide bonds. The van der Waals surface area contributed by atoms with Crippen LogP contribution in [0.4, 0.5) is 0 Å². The summed E-state index contributed by atoms with van der Waals surface area (Å²) in [6.07, 6.45) is 11.3. The molecule has 100 valence electrons. The SMILES string of the molecule is CC1CCCC(N(C)CCCC2CCCN2)C1. The van der Waals surface area contributed by atoms with Crippen LogP contribution in [0.3, 0.4) is 0 Å². The summed E-state index contributed by atoms with van der Waals surface area (Å²) in [5.74, 6) is 0.952. The largest absolute Gasteiger partial charge is 0.314 e. The van der Waals surface area contributed by atoms with Gasteiger partial charge in [0.05, 0.1) is 0 Å². The van der Waals surface area contributed by atoms with Crippen molar-refractivity contribution in [3.05, 3.63) is 0 Å². The van der Waals surface area contributed by atoms with Crippen LogP contribution in [0.15, 0.2) is 0 Å². The highest BCUT2D eigenvalue weighted by molar-refractivity contribution is 4.78. The Kier molecular flexibility index (Phi) is 5.30. The molecule has 2 aliphatic rings. The highest BCUT2D eigenvalue weighted by Gasteiger charge is 2.22. The summed E-state index contributed by atoms with van der Waals surface area (Å²) in [4.78, 5) is 2.63. The zero-order valence-electron chi connectivity index (χ0n) is 11.8. The third kappa shape index (κ3) is 4.26. The van der Waals surface area contributed by atoms with E-state index in [0.717, 1.165) is 18.0 Å². The lowest BCUT2D eigenvalue weighted by molar-refractivity contribution is 0.160. The van der Waals surface area contributed by atoms with Gasteiger partial charge in [0.15, 0.2) is 0 Å². The van der Waals surface area contributed by atoms with E-state index in [1.165, 1.54) is 64.5 Å². The first kappa shape index (κ1) is 13.4. The third-order valence-electron chi connectivity index (χ3n) is 4.76. The Balaban J connectivity index is 1.60. The number of hydrogen-bond acceptors (Lipinski definition) is 2. The van der Waals surface area contributed by atoms with Crippen LogP contribution in [0, 0.1) is 5.92 Å². The van der Waals surface area contributed by atoms with Crippen LogP contribution in [-0.4, -0.2) is 37.1 Å². The molecular weight excluding hydrogens is 208 g/mol. The molecule has 0 aromatic heterocycles. The Morgan fingerprint density at radius 1 is 1.18 bits per heavy atom. The van der Waals surface area contributed by atoms with E-state index in [4.69, 9.17) is 0 Å². The molecule has 1 heterocycles. The topological polar surface area (TPSA) is 15.3 Å². The Morgan fingerprint density at radius 3 is 2.76 bits per heavy atom. The van der Waals surface area contributed by atoms with Gasteiger partial charge >= 0.3 is 0 Å². The molecule has 1 aliphatic carbocycles. The summed E-state index contributed by atoms with van der Waals surface area (Å²) in [5.41, 5.74) is 0. The number of nitrogens with one attached hydrogen (secondary N) is 1. The minimum atomic E-state index is 0.827. The first-order valence-corrected chi connectivity index (χ1v) is 7.69. The lowest BCUT2D eigenvalue weighted by atomic mass is 9.86. The van der Waals surface area contributed by atoms with Crippen molar-refractivity contribution in [2.75, 3.05) is 20.1 Å². The maximum absolute atomic E-state index is 3.60. The smallest absolute Gasteiger partial charge is 0.00947 e. The number of nitrogens with zero attached hydrogens (tertiary/aromatic N) is 1. The lowest BCUT2D eigenvalue weighted by Gasteiger charge is -2.34. The van der Waals surface area contributed by atoms with E-state index < -0.39 is 0 Å². The predicted octanol–water partition coefficient (Wildman–Crippen LogP) is 3.03. The summed E-state index contributed by atoms with van der Waals surface area (Å²) < 4.78 is 0. The number of rotatable bonds is 5. The standard InChI is InChI=1S/C15H30N2/c1-13-6-3-9-15(12-13)17(2)11-5-8-14-7-4-10-16-14/h13-16H,3-12H2,1-2H3. The van der Waals surface area contributed by atoms with Crippen molar-refractivity contribution in [3.8, 4) is 0 Å². The molecule has 17 heavy (non-hydrogen) atoms. The van der Waals surface area contributed by atoms with Crippen molar-refractivity contribution in [3.63, 3.8) is 0 Å². The van der Waals surface area contributed by atoms with Gasteiger partial charge in [0.2, 0.25) is 0 Å². The molecule has 2 fully saturated rings. The second-order valence-electron chi connectivity index (χ2n) is 6.34. The zero-order chi connectivity index (χ0) is 12.1. The molecule has 0 bridgehead atoms. The summed E-state index contributed by atoms with van der Waals surface area (Å²) >= 11 is 0. The van der Waals surface area contributed by atoms with Gasteiger partial charge < -0.3 is 10.2 Å². The van der Waals surface area contributed by atoms with Crippen LogP contribution in [0.25, 0.3) is 0 Å². The van der Waals surface area contributed by atoms with Gasteiger partial charge in [-0.1, -0.05) is 19.8 Å². The van der Waals surface area contributed by atoms with Crippen LogP contribution in [0.5, 0.6) is 0 Å². The van der Waals surface area contributed by atoms with Gasteiger partial charge in [-0.15, -0.1) is 0 Å². The van der Waals surface area contributed by atoms with Crippen LogP contribution < -0.4 is 5.32 Å². The highest BCUT2D eigenvalue weighted by atomic mass is 15.1. The van der Waals surface area contributed by atoms with Crippen LogP contribution in [0.2, 0.25) is 0 Å². The molecule has 0 spiro atoms. The van der Waals surface area contributed by atoms with E-state index in [2.05, 4.69) is 24.2 Å². The summed E-state index contributed by atoms with van der Waals surface area (Å²) in [5, 5.41) is 3.60. The van der Waals surface area contributed by atoms with Crippen molar-refractivity contribution in [2.45, 2.75) is 70.4 Å². The van der Waals surface area contributed by atoms with E-state index >= 15 is 0 Å². The quantitative estimate of drug-likeness (QED) is 0.792. The maximum atomic E-state index is 3.60. The van der Waals surface area contributed by atoms with E-state index in [1.807, 2.05) is 0 Å². The maximum Gasteiger partial charge on any atom is 0.00947 e. The molecule has 3 unspecified atom stereocenters. The number of hydrogen-bond donors (Lipinski definition) is 1. The minimum absolute atomic E-state index is 0.827. The van der Waals surface area contributed by atoms with Crippen molar-refractivity contribution < 1.29 is 0 Å². The van der Waals surface area contributed by atoms with Crippen LogP contribution in [-0.2, 0) is 0 Å². The summed E-state index contributed by atoms with van der Waals surface area (Å²) in [7, 11) is 2.34. The third-order valence-corrected chi connectivity index (χ3v) is 4.76. The van der Waals surface area contributed by atoms with E-state index in [0.29, 0.717) is 0 Å². The van der Waals surface area contributed by atoms with Gasteiger partial charge in [-0.05, 0) is 64.6 Å².